The molecule has 0 unspecified atom stereocenters. The molecular weight excluding hydrogens is 438 g/mol. The van der Waals surface area contributed by atoms with Crippen molar-refractivity contribution < 1.29 is 13.2 Å². The predicted molar refractivity (Wildman–Crippen MR) is 131 cm³/mol. The van der Waals surface area contributed by atoms with Crippen molar-refractivity contribution in [2.24, 2.45) is 0 Å². The highest BCUT2D eigenvalue weighted by Gasteiger charge is 2.19. The van der Waals surface area contributed by atoms with E-state index in [9.17, 15) is 13.2 Å². The van der Waals surface area contributed by atoms with Crippen LogP contribution in [0.3, 0.4) is 0 Å². The van der Waals surface area contributed by atoms with Crippen LogP contribution in [0.15, 0.2) is 66.9 Å². The highest BCUT2D eigenvalue weighted by Crippen LogP contribution is 2.27. The third-order valence-corrected chi connectivity index (χ3v) is 6.47. The van der Waals surface area contributed by atoms with E-state index in [1.165, 1.54) is 0 Å². The van der Waals surface area contributed by atoms with Crippen LogP contribution in [-0.2, 0) is 10.0 Å². The number of amides is 1. The predicted octanol–water partition coefficient (Wildman–Crippen LogP) is 4.69. The maximum atomic E-state index is 13.3. The van der Waals surface area contributed by atoms with Crippen molar-refractivity contribution in [3.8, 4) is 11.3 Å². The standard InChI is InChI=1S/C24H25N5O3S/c1-4-33(31,32)28-19-12-10-18(11-13-19)26-24(30)20-14-22(17-8-6-5-7-9-17)27-23-21(20)15-25-29(23)16(2)3/h5-16,28H,4H2,1-3H3,(H,26,30). The lowest BCUT2D eigenvalue weighted by atomic mass is 10.1. The quantitative estimate of drug-likeness (QED) is 0.413. The van der Waals surface area contributed by atoms with Crippen LogP contribution in [-0.4, -0.2) is 34.8 Å². The number of fused-ring (bicyclic) bond motifs is 1. The van der Waals surface area contributed by atoms with Crippen LogP contribution in [0, 0.1) is 0 Å². The number of pyridine rings is 1. The molecule has 1 amide bonds. The fourth-order valence-electron chi connectivity index (χ4n) is 3.41. The Balaban J connectivity index is 1.69. The Hall–Kier alpha value is -3.72. The monoisotopic (exact) mass is 463 g/mol. The van der Waals surface area contributed by atoms with Crippen molar-refractivity contribution in [3.63, 3.8) is 0 Å². The van der Waals surface area contributed by atoms with Crippen molar-refractivity contribution >= 4 is 38.3 Å². The summed E-state index contributed by atoms with van der Waals surface area (Å²) in [5.74, 6) is -0.318. The molecule has 4 aromatic rings. The largest absolute Gasteiger partial charge is 0.322 e. The molecule has 0 aliphatic rings. The van der Waals surface area contributed by atoms with Gasteiger partial charge in [-0.25, -0.2) is 18.1 Å². The fraction of sp³-hybridized carbons (Fsp3) is 0.208. The molecule has 170 valence electrons. The van der Waals surface area contributed by atoms with E-state index < -0.39 is 10.0 Å². The topological polar surface area (TPSA) is 106 Å². The van der Waals surface area contributed by atoms with Gasteiger partial charge in [0.05, 0.1) is 28.6 Å². The number of nitrogens with one attached hydrogen (secondary N) is 2. The third-order valence-electron chi connectivity index (χ3n) is 5.17. The van der Waals surface area contributed by atoms with Gasteiger partial charge in [-0.15, -0.1) is 0 Å². The number of nitrogens with zero attached hydrogens (tertiary/aromatic N) is 3. The molecular formula is C24H25N5O3S. The second kappa shape index (κ2) is 9.03. The molecule has 2 heterocycles. The smallest absolute Gasteiger partial charge is 0.256 e. The Kier molecular flexibility index (Phi) is 6.15. The van der Waals surface area contributed by atoms with E-state index in [4.69, 9.17) is 4.98 Å². The summed E-state index contributed by atoms with van der Waals surface area (Å²) in [5, 5.41) is 7.99. The Labute approximate surface area is 192 Å². The van der Waals surface area contributed by atoms with E-state index in [1.807, 2.05) is 44.2 Å². The Bertz CT molecular complexity index is 1400. The SMILES string of the molecule is CCS(=O)(=O)Nc1ccc(NC(=O)c2cc(-c3ccccc3)nc3c2cnn3C(C)C)cc1. The number of aromatic nitrogens is 3. The first kappa shape index (κ1) is 22.5. The molecule has 0 spiro atoms. The first-order chi connectivity index (χ1) is 15.8. The lowest BCUT2D eigenvalue weighted by molar-refractivity contribution is 0.102. The number of carbonyl (C=O) groups excluding carboxylic acids is 1. The molecule has 0 bridgehead atoms. The van der Waals surface area contributed by atoms with E-state index in [0.717, 1.165) is 5.56 Å². The summed E-state index contributed by atoms with van der Waals surface area (Å²) in [6, 6.07) is 18.0. The molecule has 33 heavy (non-hydrogen) atoms. The van der Waals surface area contributed by atoms with Crippen LogP contribution in [0.2, 0.25) is 0 Å². The van der Waals surface area contributed by atoms with Gasteiger partial charge in [0.2, 0.25) is 10.0 Å². The van der Waals surface area contributed by atoms with Gasteiger partial charge in [-0.05, 0) is 51.1 Å². The van der Waals surface area contributed by atoms with Crippen LogP contribution < -0.4 is 10.0 Å². The van der Waals surface area contributed by atoms with Gasteiger partial charge in [0.15, 0.2) is 5.65 Å². The normalized spacial score (nSPS) is 11.6. The third kappa shape index (κ3) is 4.88. The zero-order chi connectivity index (χ0) is 23.6. The van der Waals surface area contributed by atoms with Crippen molar-refractivity contribution in [3.05, 3.63) is 72.4 Å². The van der Waals surface area contributed by atoms with Crippen LogP contribution in [0.4, 0.5) is 11.4 Å². The molecule has 2 aromatic heterocycles. The number of carbonyl (C=O) groups is 1. The van der Waals surface area contributed by atoms with Gasteiger partial charge in [0, 0.05) is 23.0 Å². The maximum absolute atomic E-state index is 13.3. The number of rotatable bonds is 7. The molecule has 0 atom stereocenters. The van der Waals surface area contributed by atoms with Gasteiger partial charge in [0.1, 0.15) is 0 Å². The van der Waals surface area contributed by atoms with Crippen molar-refractivity contribution in [1.29, 1.82) is 0 Å². The number of benzene rings is 2. The molecule has 0 aliphatic carbocycles. The summed E-state index contributed by atoms with van der Waals surface area (Å²) in [6.07, 6.45) is 1.66. The van der Waals surface area contributed by atoms with Crippen molar-refractivity contribution in [2.45, 2.75) is 26.8 Å². The van der Waals surface area contributed by atoms with Gasteiger partial charge in [-0.2, -0.15) is 5.10 Å². The van der Waals surface area contributed by atoms with E-state index in [1.54, 1.807) is 48.1 Å². The highest BCUT2D eigenvalue weighted by molar-refractivity contribution is 7.92. The highest BCUT2D eigenvalue weighted by atomic mass is 32.2. The van der Waals surface area contributed by atoms with Gasteiger partial charge in [0.25, 0.3) is 5.91 Å². The van der Waals surface area contributed by atoms with Crippen LogP contribution >= 0.6 is 0 Å². The molecule has 4 rings (SSSR count). The lowest BCUT2D eigenvalue weighted by Gasteiger charge is -2.12. The van der Waals surface area contributed by atoms with Crippen LogP contribution in [0.5, 0.6) is 0 Å². The summed E-state index contributed by atoms with van der Waals surface area (Å²) in [7, 11) is -3.37. The summed E-state index contributed by atoms with van der Waals surface area (Å²) in [4.78, 5) is 18.0. The minimum atomic E-state index is -3.37. The molecule has 0 saturated carbocycles. The van der Waals surface area contributed by atoms with E-state index in [2.05, 4.69) is 15.1 Å². The van der Waals surface area contributed by atoms with E-state index >= 15 is 0 Å². The molecule has 9 heteroatoms. The number of hydrogen-bond donors (Lipinski definition) is 2. The average Bonchev–Trinajstić information content (AvgIpc) is 3.24. The zero-order valence-corrected chi connectivity index (χ0v) is 19.4. The molecule has 0 fully saturated rings. The molecule has 8 nitrogen and oxygen atoms in total. The molecule has 0 saturated heterocycles. The van der Waals surface area contributed by atoms with E-state index in [-0.39, 0.29) is 17.7 Å². The minimum absolute atomic E-state index is 0.0165. The van der Waals surface area contributed by atoms with Gasteiger partial charge >= 0.3 is 0 Å². The lowest BCUT2D eigenvalue weighted by Crippen LogP contribution is -2.15. The first-order valence-corrected chi connectivity index (χ1v) is 12.3. The second-order valence-electron chi connectivity index (χ2n) is 7.88. The Morgan fingerprint density at radius 3 is 2.33 bits per heavy atom. The summed E-state index contributed by atoms with van der Waals surface area (Å²) >= 11 is 0. The first-order valence-electron chi connectivity index (χ1n) is 10.6. The Morgan fingerprint density at radius 2 is 1.70 bits per heavy atom. The number of hydrogen-bond acceptors (Lipinski definition) is 5. The Morgan fingerprint density at radius 1 is 1.03 bits per heavy atom. The van der Waals surface area contributed by atoms with Crippen molar-refractivity contribution in [2.75, 3.05) is 15.8 Å². The average molecular weight is 464 g/mol. The maximum Gasteiger partial charge on any atom is 0.256 e. The van der Waals surface area contributed by atoms with Gasteiger partial charge in [-0.3, -0.25) is 9.52 Å². The minimum Gasteiger partial charge on any atom is -0.322 e. The van der Waals surface area contributed by atoms with Crippen molar-refractivity contribution in [1.82, 2.24) is 14.8 Å². The summed E-state index contributed by atoms with van der Waals surface area (Å²) in [5.41, 5.74) is 3.66. The van der Waals surface area contributed by atoms with Crippen LogP contribution in [0.1, 0.15) is 37.2 Å². The zero-order valence-electron chi connectivity index (χ0n) is 18.6. The summed E-state index contributed by atoms with van der Waals surface area (Å²) < 4.78 is 27.8. The fourth-order valence-corrected chi connectivity index (χ4v) is 4.05. The van der Waals surface area contributed by atoms with E-state index in [0.29, 0.717) is 33.7 Å². The second-order valence-corrected chi connectivity index (χ2v) is 9.89. The molecule has 2 aromatic carbocycles. The molecule has 0 radical (unpaired) electrons. The van der Waals surface area contributed by atoms with Gasteiger partial charge in [-0.1, -0.05) is 30.3 Å². The van der Waals surface area contributed by atoms with Gasteiger partial charge < -0.3 is 5.32 Å². The molecule has 2 N–H and O–H groups in total. The number of sulfonamides is 1. The molecule has 0 aliphatic heterocycles. The number of anilines is 2. The summed E-state index contributed by atoms with van der Waals surface area (Å²) in [6.45, 7) is 5.59. The van der Waals surface area contributed by atoms with Crippen LogP contribution in [0.25, 0.3) is 22.3 Å².